The summed E-state index contributed by atoms with van der Waals surface area (Å²) >= 11 is 11.9. The first-order chi connectivity index (χ1) is 8.58. The van der Waals surface area contributed by atoms with Crippen LogP contribution in [0.3, 0.4) is 0 Å². The molecular formula is C13H11Cl2NOS. The first-order valence-corrected chi connectivity index (χ1v) is 7.32. The standard InChI is InChI=1S/C13H11Cl2NOS/c14-10-4-1-3-9(7-10)8-18(17)13-11(15)5-2-6-12(13)16/h1-7H,8,16H2. The molecule has 0 radical (unpaired) electrons. The van der Waals surface area contributed by atoms with Crippen LogP contribution in [0.5, 0.6) is 0 Å². The van der Waals surface area contributed by atoms with E-state index in [0.29, 0.717) is 26.4 Å². The summed E-state index contributed by atoms with van der Waals surface area (Å²) in [5.74, 6) is 0.342. The van der Waals surface area contributed by atoms with Crippen LogP contribution in [0, 0.1) is 0 Å². The van der Waals surface area contributed by atoms with Crippen molar-refractivity contribution in [1.82, 2.24) is 0 Å². The lowest BCUT2D eigenvalue weighted by molar-refractivity contribution is 0.683. The zero-order chi connectivity index (χ0) is 13.1. The largest absolute Gasteiger partial charge is 0.398 e. The topological polar surface area (TPSA) is 43.1 Å². The van der Waals surface area contributed by atoms with Gasteiger partial charge in [0.15, 0.2) is 0 Å². The minimum absolute atomic E-state index is 0.342. The highest BCUT2D eigenvalue weighted by Gasteiger charge is 2.13. The molecule has 0 fully saturated rings. The van der Waals surface area contributed by atoms with Crippen molar-refractivity contribution < 1.29 is 4.21 Å². The van der Waals surface area contributed by atoms with Crippen molar-refractivity contribution in [2.75, 3.05) is 5.73 Å². The van der Waals surface area contributed by atoms with Gasteiger partial charge < -0.3 is 5.73 Å². The molecule has 1 unspecified atom stereocenters. The fraction of sp³-hybridized carbons (Fsp3) is 0.0769. The molecule has 0 bridgehead atoms. The van der Waals surface area contributed by atoms with Crippen LogP contribution in [0.1, 0.15) is 5.56 Å². The molecule has 0 aliphatic carbocycles. The van der Waals surface area contributed by atoms with E-state index in [9.17, 15) is 4.21 Å². The van der Waals surface area contributed by atoms with Crippen LogP contribution in [0.4, 0.5) is 5.69 Å². The third-order valence-electron chi connectivity index (χ3n) is 2.41. The SMILES string of the molecule is Nc1cccc(Cl)c1S(=O)Cc1cccc(Cl)c1. The van der Waals surface area contributed by atoms with Gasteiger partial charge in [-0.3, -0.25) is 4.21 Å². The van der Waals surface area contributed by atoms with Crippen molar-refractivity contribution >= 4 is 39.7 Å². The molecule has 1 atom stereocenters. The molecule has 0 amide bonds. The molecule has 0 aliphatic rings. The molecule has 0 aromatic heterocycles. The Morgan fingerprint density at radius 2 is 1.83 bits per heavy atom. The van der Waals surface area contributed by atoms with Crippen LogP contribution >= 0.6 is 23.2 Å². The van der Waals surface area contributed by atoms with Crippen molar-refractivity contribution in [3.63, 3.8) is 0 Å². The number of anilines is 1. The minimum atomic E-state index is -1.28. The number of hydrogen-bond acceptors (Lipinski definition) is 2. The normalized spacial score (nSPS) is 12.3. The Balaban J connectivity index is 2.28. The van der Waals surface area contributed by atoms with Crippen molar-refractivity contribution in [2.24, 2.45) is 0 Å². The number of hydrogen-bond donors (Lipinski definition) is 1. The summed E-state index contributed by atoms with van der Waals surface area (Å²) in [5, 5.41) is 1.05. The maximum absolute atomic E-state index is 12.3. The third-order valence-corrected chi connectivity index (χ3v) is 4.58. The van der Waals surface area contributed by atoms with Crippen molar-refractivity contribution in [2.45, 2.75) is 10.6 Å². The Morgan fingerprint density at radius 1 is 1.11 bits per heavy atom. The lowest BCUT2D eigenvalue weighted by Gasteiger charge is -2.08. The summed E-state index contributed by atoms with van der Waals surface area (Å²) in [6.07, 6.45) is 0. The molecule has 0 saturated heterocycles. The van der Waals surface area contributed by atoms with Gasteiger partial charge in [0.2, 0.25) is 0 Å². The minimum Gasteiger partial charge on any atom is -0.398 e. The van der Waals surface area contributed by atoms with E-state index in [0.717, 1.165) is 5.56 Å². The summed E-state index contributed by atoms with van der Waals surface area (Å²) < 4.78 is 12.3. The van der Waals surface area contributed by atoms with Crippen LogP contribution in [0.25, 0.3) is 0 Å². The lowest BCUT2D eigenvalue weighted by Crippen LogP contribution is -2.01. The predicted octanol–water partition coefficient (Wildman–Crippen LogP) is 3.88. The molecule has 2 aromatic rings. The van der Waals surface area contributed by atoms with E-state index in [2.05, 4.69) is 0 Å². The maximum atomic E-state index is 12.3. The van der Waals surface area contributed by atoms with Gasteiger partial charge in [-0.25, -0.2) is 0 Å². The van der Waals surface area contributed by atoms with Crippen molar-refractivity contribution in [1.29, 1.82) is 0 Å². The van der Waals surface area contributed by atoms with Gasteiger partial charge in [0.05, 0.1) is 26.5 Å². The summed E-state index contributed by atoms with van der Waals surface area (Å²) in [6.45, 7) is 0. The fourth-order valence-electron chi connectivity index (χ4n) is 1.62. The average Bonchev–Trinajstić information content (AvgIpc) is 2.28. The molecule has 2 aromatic carbocycles. The second-order valence-electron chi connectivity index (χ2n) is 3.78. The van der Waals surface area contributed by atoms with E-state index in [4.69, 9.17) is 28.9 Å². The monoisotopic (exact) mass is 299 g/mol. The zero-order valence-corrected chi connectivity index (χ0v) is 11.7. The highest BCUT2D eigenvalue weighted by Crippen LogP contribution is 2.27. The van der Waals surface area contributed by atoms with Crippen LogP contribution in [0.15, 0.2) is 47.4 Å². The van der Waals surface area contributed by atoms with E-state index in [1.54, 1.807) is 30.3 Å². The lowest BCUT2D eigenvalue weighted by atomic mass is 10.2. The van der Waals surface area contributed by atoms with E-state index in [-0.39, 0.29) is 0 Å². The summed E-state index contributed by atoms with van der Waals surface area (Å²) in [6, 6.07) is 12.4. The Labute approximate surface area is 118 Å². The highest BCUT2D eigenvalue weighted by molar-refractivity contribution is 7.84. The van der Waals surface area contributed by atoms with Gasteiger partial charge in [-0.2, -0.15) is 0 Å². The van der Waals surface area contributed by atoms with Crippen molar-refractivity contribution in [3.8, 4) is 0 Å². The molecule has 2 rings (SSSR count). The number of nitrogen functional groups attached to an aromatic ring is 1. The Hall–Kier alpha value is -1.03. The van der Waals surface area contributed by atoms with Crippen molar-refractivity contribution in [3.05, 3.63) is 58.1 Å². The Morgan fingerprint density at radius 3 is 2.50 bits per heavy atom. The van der Waals surface area contributed by atoms with E-state index in [1.807, 2.05) is 12.1 Å². The van der Waals surface area contributed by atoms with Crippen LogP contribution in [0.2, 0.25) is 10.0 Å². The van der Waals surface area contributed by atoms with E-state index in [1.165, 1.54) is 0 Å². The summed E-state index contributed by atoms with van der Waals surface area (Å²) in [5.41, 5.74) is 7.14. The molecule has 0 aliphatic heterocycles. The Kier molecular flexibility index (Phi) is 4.27. The third kappa shape index (κ3) is 3.05. The Bertz CT molecular complexity index is 581. The summed E-state index contributed by atoms with van der Waals surface area (Å²) in [4.78, 5) is 0.485. The van der Waals surface area contributed by atoms with Crippen LogP contribution in [-0.2, 0) is 16.6 Å². The molecule has 2 N–H and O–H groups in total. The molecule has 0 spiro atoms. The maximum Gasteiger partial charge on any atom is 0.0806 e. The molecule has 0 saturated carbocycles. The molecular weight excluding hydrogens is 289 g/mol. The molecule has 0 heterocycles. The van der Waals surface area contributed by atoms with Crippen LogP contribution in [-0.4, -0.2) is 4.21 Å². The fourth-order valence-corrected chi connectivity index (χ4v) is 3.51. The molecule has 2 nitrogen and oxygen atoms in total. The number of rotatable bonds is 3. The molecule has 94 valence electrons. The number of halogens is 2. The zero-order valence-electron chi connectivity index (χ0n) is 9.40. The number of nitrogens with two attached hydrogens (primary N) is 1. The van der Waals surface area contributed by atoms with Gasteiger partial charge >= 0.3 is 0 Å². The highest BCUT2D eigenvalue weighted by atomic mass is 35.5. The van der Waals surface area contributed by atoms with Gasteiger partial charge in [-0.1, -0.05) is 41.4 Å². The predicted molar refractivity (Wildman–Crippen MR) is 77.4 cm³/mol. The number of benzene rings is 2. The van der Waals surface area contributed by atoms with E-state index >= 15 is 0 Å². The first-order valence-electron chi connectivity index (χ1n) is 5.25. The van der Waals surface area contributed by atoms with Crippen LogP contribution < -0.4 is 5.73 Å². The smallest absolute Gasteiger partial charge is 0.0806 e. The van der Waals surface area contributed by atoms with Gasteiger partial charge in [-0.15, -0.1) is 0 Å². The quantitative estimate of drug-likeness (QED) is 0.874. The van der Waals surface area contributed by atoms with Gasteiger partial charge in [0, 0.05) is 10.7 Å². The molecule has 18 heavy (non-hydrogen) atoms. The average molecular weight is 300 g/mol. The molecule has 5 heteroatoms. The second-order valence-corrected chi connectivity index (χ2v) is 6.01. The second kappa shape index (κ2) is 5.74. The van der Waals surface area contributed by atoms with Gasteiger partial charge in [0.25, 0.3) is 0 Å². The van der Waals surface area contributed by atoms with E-state index < -0.39 is 10.8 Å². The first kappa shape index (κ1) is 13.4. The van der Waals surface area contributed by atoms with Gasteiger partial charge in [-0.05, 0) is 29.8 Å². The summed E-state index contributed by atoms with van der Waals surface area (Å²) in [7, 11) is -1.28. The van der Waals surface area contributed by atoms with Gasteiger partial charge in [0.1, 0.15) is 0 Å².